The van der Waals surface area contributed by atoms with Crippen LogP contribution in [0.5, 0.6) is 0 Å². The number of aliphatic hydroxyl groups is 1. The smallest absolute Gasteiger partial charge is 0.227 e. The number of carbonyl (C=O) groups is 1. The predicted molar refractivity (Wildman–Crippen MR) is 47.5 cm³/mol. The van der Waals surface area contributed by atoms with Crippen LogP contribution in [0.15, 0.2) is 0 Å². The van der Waals surface area contributed by atoms with Crippen LogP contribution in [0.1, 0.15) is 20.8 Å². The molecule has 4 heteroatoms. The monoisotopic (exact) mass is 174 g/mol. The van der Waals surface area contributed by atoms with Crippen LogP contribution in [0.2, 0.25) is 0 Å². The fourth-order valence-corrected chi connectivity index (χ4v) is 0.736. The summed E-state index contributed by atoms with van der Waals surface area (Å²) in [6.45, 7) is 5.64. The minimum atomic E-state index is -0.482. The third-order valence-electron chi connectivity index (χ3n) is 1.37. The van der Waals surface area contributed by atoms with Crippen molar-refractivity contribution in [3.05, 3.63) is 0 Å². The fourth-order valence-electron chi connectivity index (χ4n) is 0.736. The molecule has 12 heavy (non-hydrogen) atoms. The van der Waals surface area contributed by atoms with E-state index in [4.69, 9.17) is 10.8 Å². The minimum Gasteiger partial charge on any atom is -0.395 e. The van der Waals surface area contributed by atoms with Crippen molar-refractivity contribution < 1.29 is 9.90 Å². The second kappa shape index (κ2) is 4.42. The maximum Gasteiger partial charge on any atom is 0.227 e. The van der Waals surface area contributed by atoms with Crippen LogP contribution in [0, 0.1) is 5.92 Å². The number of hydrogen-bond donors (Lipinski definition) is 3. The van der Waals surface area contributed by atoms with Gasteiger partial charge >= 0.3 is 0 Å². The summed E-state index contributed by atoms with van der Waals surface area (Å²) in [6, 6.07) is 0. The summed E-state index contributed by atoms with van der Waals surface area (Å²) in [7, 11) is 0. The summed E-state index contributed by atoms with van der Waals surface area (Å²) < 4.78 is 0. The SMILES string of the molecule is CC(C)(C)NC(=O)C(CN)CO. The third kappa shape index (κ3) is 4.31. The molecule has 1 unspecified atom stereocenters. The van der Waals surface area contributed by atoms with Crippen molar-refractivity contribution in [1.29, 1.82) is 0 Å². The van der Waals surface area contributed by atoms with Crippen molar-refractivity contribution >= 4 is 5.91 Å². The van der Waals surface area contributed by atoms with Gasteiger partial charge < -0.3 is 16.2 Å². The Hall–Kier alpha value is -0.610. The van der Waals surface area contributed by atoms with Gasteiger partial charge in [-0.3, -0.25) is 4.79 Å². The summed E-state index contributed by atoms with van der Waals surface area (Å²) in [5.74, 6) is -0.670. The third-order valence-corrected chi connectivity index (χ3v) is 1.37. The van der Waals surface area contributed by atoms with Crippen molar-refractivity contribution in [1.82, 2.24) is 5.32 Å². The first-order valence-corrected chi connectivity index (χ1v) is 4.03. The zero-order valence-corrected chi connectivity index (χ0v) is 7.92. The Morgan fingerprint density at radius 1 is 1.58 bits per heavy atom. The van der Waals surface area contributed by atoms with Crippen molar-refractivity contribution in [2.45, 2.75) is 26.3 Å². The average Bonchev–Trinajstić information content (AvgIpc) is 1.85. The Morgan fingerprint density at radius 2 is 2.08 bits per heavy atom. The summed E-state index contributed by atoms with van der Waals surface area (Å²) >= 11 is 0. The van der Waals surface area contributed by atoms with Crippen LogP contribution in [0.3, 0.4) is 0 Å². The van der Waals surface area contributed by atoms with E-state index in [1.165, 1.54) is 0 Å². The number of hydrogen-bond acceptors (Lipinski definition) is 3. The molecule has 0 aromatic heterocycles. The van der Waals surface area contributed by atoms with E-state index >= 15 is 0 Å². The maximum atomic E-state index is 11.3. The van der Waals surface area contributed by atoms with E-state index in [0.29, 0.717) is 0 Å². The molecule has 0 bridgehead atoms. The summed E-state index contributed by atoms with van der Waals surface area (Å²) in [5.41, 5.74) is 5.02. The van der Waals surface area contributed by atoms with Gasteiger partial charge in [0, 0.05) is 12.1 Å². The second-order valence-electron chi connectivity index (χ2n) is 3.85. The highest BCUT2D eigenvalue weighted by Gasteiger charge is 2.20. The van der Waals surface area contributed by atoms with Crippen molar-refractivity contribution in [3.63, 3.8) is 0 Å². The minimum absolute atomic E-state index is 0.179. The van der Waals surface area contributed by atoms with E-state index in [2.05, 4.69) is 5.32 Å². The van der Waals surface area contributed by atoms with E-state index in [9.17, 15) is 4.79 Å². The molecule has 0 saturated carbocycles. The number of rotatable bonds is 3. The molecular weight excluding hydrogens is 156 g/mol. The normalized spacial score (nSPS) is 14.1. The maximum absolute atomic E-state index is 11.3. The van der Waals surface area contributed by atoms with Crippen molar-refractivity contribution in [3.8, 4) is 0 Å². The van der Waals surface area contributed by atoms with E-state index in [0.717, 1.165) is 0 Å². The van der Waals surface area contributed by atoms with Gasteiger partial charge in [-0.1, -0.05) is 0 Å². The Kier molecular flexibility index (Phi) is 4.20. The van der Waals surface area contributed by atoms with E-state index in [1.54, 1.807) is 0 Å². The molecule has 0 saturated heterocycles. The Bertz CT molecular complexity index is 148. The second-order valence-corrected chi connectivity index (χ2v) is 3.85. The molecule has 1 amide bonds. The highest BCUT2D eigenvalue weighted by molar-refractivity contribution is 5.79. The molecule has 4 N–H and O–H groups in total. The first kappa shape index (κ1) is 11.4. The molecule has 0 fully saturated rings. The number of aliphatic hydroxyl groups excluding tert-OH is 1. The first-order valence-electron chi connectivity index (χ1n) is 4.03. The van der Waals surface area contributed by atoms with Gasteiger partial charge in [-0.05, 0) is 20.8 Å². The Balaban J connectivity index is 4.02. The lowest BCUT2D eigenvalue weighted by atomic mass is 10.1. The Labute approximate surface area is 73.1 Å². The van der Waals surface area contributed by atoms with Crippen LogP contribution in [-0.2, 0) is 4.79 Å². The van der Waals surface area contributed by atoms with Gasteiger partial charge in [0.25, 0.3) is 0 Å². The molecule has 0 aliphatic carbocycles. The van der Waals surface area contributed by atoms with Crippen LogP contribution in [0.4, 0.5) is 0 Å². The van der Waals surface area contributed by atoms with Gasteiger partial charge in [0.1, 0.15) is 0 Å². The quantitative estimate of drug-likeness (QED) is 0.538. The lowest BCUT2D eigenvalue weighted by Gasteiger charge is -2.23. The molecule has 0 heterocycles. The lowest BCUT2D eigenvalue weighted by molar-refractivity contribution is -0.127. The van der Waals surface area contributed by atoms with Gasteiger partial charge in [0.2, 0.25) is 5.91 Å². The van der Waals surface area contributed by atoms with Gasteiger partial charge in [-0.15, -0.1) is 0 Å². The van der Waals surface area contributed by atoms with E-state index < -0.39 is 5.92 Å². The predicted octanol–water partition coefficient (Wildman–Crippen LogP) is -0.532. The van der Waals surface area contributed by atoms with Crippen LogP contribution < -0.4 is 11.1 Å². The first-order chi connectivity index (χ1) is 5.40. The zero-order chi connectivity index (χ0) is 9.78. The average molecular weight is 174 g/mol. The number of nitrogens with two attached hydrogens (primary N) is 1. The highest BCUT2D eigenvalue weighted by Crippen LogP contribution is 2.01. The standard InChI is InChI=1S/C8H18N2O2/c1-8(2,3)10-7(12)6(4-9)5-11/h6,11H,4-5,9H2,1-3H3,(H,10,12). The number of carbonyl (C=O) groups excluding carboxylic acids is 1. The number of amides is 1. The Morgan fingerprint density at radius 3 is 2.33 bits per heavy atom. The molecule has 0 aromatic carbocycles. The van der Waals surface area contributed by atoms with Crippen molar-refractivity contribution in [2.75, 3.05) is 13.2 Å². The molecule has 0 spiro atoms. The van der Waals surface area contributed by atoms with Crippen LogP contribution in [0.25, 0.3) is 0 Å². The van der Waals surface area contributed by atoms with Gasteiger partial charge in [0.05, 0.1) is 12.5 Å². The summed E-state index contributed by atoms with van der Waals surface area (Å²) in [6.07, 6.45) is 0. The molecule has 0 aliphatic rings. The zero-order valence-electron chi connectivity index (χ0n) is 7.92. The van der Waals surface area contributed by atoms with Crippen molar-refractivity contribution in [2.24, 2.45) is 11.7 Å². The summed E-state index contributed by atoms with van der Waals surface area (Å²) in [5, 5.41) is 11.5. The molecule has 0 rings (SSSR count). The van der Waals surface area contributed by atoms with Gasteiger partial charge in [-0.2, -0.15) is 0 Å². The fraction of sp³-hybridized carbons (Fsp3) is 0.875. The molecule has 0 aromatic rings. The molecule has 72 valence electrons. The summed E-state index contributed by atoms with van der Waals surface area (Å²) in [4.78, 5) is 11.3. The molecule has 0 radical (unpaired) electrons. The highest BCUT2D eigenvalue weighted by atomic mass is 16.3. The topological polar surface area (TPSA) is 75.4 Å². The molecule has 1 atom stereocenters. The molecular formula is C8H18N2O2. The molecule has 4 nitrogen and oxygen atoms in total. The van der Waals surface area contributed by atoms with Gasteiger partial charge in [-0.25, -0.2) is 0 Å². The van der Waals surface area contributed by atoms with Gasteiger partial charge in [0.15, 0.2) is 0 Å². The lowest BCUT2D eigenvalue weighted by Crippen LogP contribution is -2.46. The van der Waals surface area contributed by atoms with E-state index in [-0.39, 0.29) is 24.6 Å². The van der Waals surface area contributed by atoms with Crippen LogP contribution in [-0.4, -0.2) is 29.7 Å². The van der Waals surface area contributed by atoms with Crippen LogP contribution >= 0.6 is 0 Å². The van der Waals surface area contributed by atoms with E-state index in [1.807, 2.05) is 20.8 Å². The number of nitrogens with one attached hydrogen (secondary N) is 1. The largest absolute Gasteiger partial charge is 0.395 e. The molecule has 0 aliphatic heterocycles.